The van der Waals surface area contributed by atoms with E-state index in [-0.39, 0.29) is 160 Å². The van der Waals surface area contributed by atoms with Crippen molar-refractivity contribution in [3.8, 4) is 5.75 Å². The fourth-order valence-corrected chi connectivity index (χ4v) is 22.9. The molecule has 0 spiro atoms. The van der Waals surface area contributed by atoms with Gasteiger partial charge in [0.15, 0.2) is 16.9 Å². The van der Waals surface area contributed by atoms with Crippen LogP contribution in [0.15, 0.2) is 272 Å². The highest BCUT2D eigenvalue weighted by Gasteiger charge is 2.41. The number of nitrogens with zero attached hydrogens (tertiary/aromatic N) is 16. The molecule has 784 valence electrons. The summed E-state index contributed by atoms with van der Waals surface area (Å²) in [6.45, 7) is 11.3. The quantitative estimate of drug-likeness (QED) is 0.0191. The number of hydrogen-bond acceptors (Lipinski definition) is 25. The number of sulfonamides is 4. The van der Waals surface area contributed by atoms with Gasteiger partial charge in [-0.25, -0.2) is 49.6 Å². The molecule has 18 rings (SSSR count). The molecule has 4 fully saturated rings. The maximum Gasteiger partial charge on any atom is 0.416 e. The minimum atomic E-state index is -4.50. The van der Waals surface area contributed by atoms with Crippen LogP contribution in [0, 0.1) is 18.2 Å². The molecule has 5 aliphatic heterocycles. The van der Waals surface area contributed by atoms with E-state index >= 15 is 0 Å². The SMILES string of the molecule is CC(C)(C(=O)N1CCN(c2ccc(S(=O)(=O)Nc3nccs3)cc2)C(=O)C1)n1ccc2c(F)cccc21.C[C@H](C(=O)N1CCN(c2ccc(S(=O)(=O)N=C(N)/C=C\C(=N)Cl)cc2)C(=O)C1)N1CCCc2cc(Cl)ccc21.Cc1cc(Cl)ccc1OCC(=O)N1CCN(c2ccc(S(=O)(=O)Nc3ccncn3)cc2)CC1.O=C(Cn1ccc2ccc(C(F)(F)F)cc21)N1CCN(c2ccc(S(=O)(=O)Nc3nccs3)cc2)C(=O)C1.[HH].[HH].[HH].[HH].[HH]. The molecule has 8 aromatic carbocycles. The predicted molar refractivity (Wildman–Crippen MR) is 569 cm³/mol. The molecule has 5 aromatic heterocycles. The number of alkyl halides is 3. The Kier molecular flexibility index (Phi) is 33.4. The lowest BCUT2D eigenvalue weighted by molar-refractivity contribution is -0.143. The van der Waals surface area contributed by atoms with Crippen molar-refractivity contribution < 1.29 is 96.7 Å². The molecule has 7 amide bonds. The van der Waals surface area contributed by atoms with Gasteiger partial charge in [0.2, 0.25) is 35.4 Å². The number of hydrogen-bond donors (Lipinski definition) is 5. The van der Waals surface area contributed by atoms with Crippen LogP contribution in [0.1, 0.15) is 51.0 Å². The van der Waals surface area contributed by atoms with Gasteiger partial charge in [0, 0.05) is 170 Å². The van der Waals surface area contributed by atoms with E-state index in [0.717, 1.165) is 77.5 Å². The number of amidine groups is 1. The van der Waals surface area contributed by atoms with Crippen LogP contribution in [0.3, 0.4) is 0 Å². The first kappa shape index (κ1) is 108. The molecule has 13 aromatic rings. The van der Waals surface area contributed by atoms with E-state index in [9.17, 15) is 84.8 Å². The molecule has 50 heteroatoms. The minimum absolute atomic E-state index is 0. The molecule has 0 aliphatic carbocycles. The minimum Gasteiger partial charge on any atom is -0.483 e. The van der Waals surface area contributed by atoms with Crippen molar-refractivity contribution in [1.29, 1.82) is 5.41 Å². The summed E-state index contributed by atoms with van der Waals surface area (Å²) in [5, 5.41) is 12.9. The van der Waals surface area contributed by atoms with Gasteiger partial charge in [-0.05, 0) is 245 Å². The van der Waals surface area contributed by atoms with Crippen LogP contribution in [0.5, 0.6) is 5.75 Å². The van der Waals surface area contributed by atoms with Crippen molar-refractivity contribution in [1.82, 2.24) is 48.7 Å². The molecular formula is C98H106Cl3F4N21O16S6. The van der Waals surface area contributed by atoms with E-state index in [1.54, 1.807) is 130 Å². The highest BCUT2D eigenvalue weighted by atomic mass is 35.5. The van der Waals surface area contributed by atoms with Gasteiger partial charge in [-0.15, -0.1) is 27.1 Å². The van der Waals surface area contributed by atoms with Gasteiger partial charge in [0.05, 0.1) is 30.7 Å². The number of piperazine rings is 4. The first-order valence-corrected chi connectivity index (χ1v) is 54.4. The van der Waals surface area contributed by atoms with E-state index in [1.165, 1.54) is 144 Å². The molecule has 5 aliphatic rings. The third-order valence-electron chi connectivity index (χ3n) is 24.6. The summed E-state index contributed by atoms with van der Waals surface area (Å²) in [7, 11) is -15.5. The number of thiazole rings is 2. The van der Waals surface area contributed by atoms with E-state index in [0.29, 0.717) is 88.4 Å². The molecule has 6 N–H and O–H groups in total. The summed E-state index contributed by atoms with van der Waals surface area (Å²) < 4.78 is 173. The highest BCUT2D eigenvalue weighted by molar-refractivity contribution is 7.93. The average Bonchev–Trinajstić information content (AvgIpc) is 1.59. The third-order valence-corrected chi connectivity index (χ3v) is 32.2. The number of aryl methyl sites for hydroxylation is 2. The number of halogens is 7. The van der Waals surface area contributed by atoms with E-state index in [1.807, 2.05) is 32.0 Å². The van der Waals surface area contributed by atoms with Crippen molar-refractivity contribution in [2.45, 2.75) is 84.4 Å². The number of allylic oxidation sites excluding steroid dienone is 1. The Morgan fingerprint density at radius 2 is 1.11 bits per heavy atom. The van der Waals surface area contributed by atoms with Gasteiger partial charge in [-0.2, -0.15) is 21.6 Å². The second-order valence-corrected chi connectivity index (χ2v) is 44.3. The van der Waals surface area contributed by atoms with Crippen LogP contribution in [0.25, 0.3) is 21.8 Å². The monoisotopic (exact) mass is 2210 g/mol. The van der Waals surface area contributed by atoms with Gasteiger partial charge in [0.25, 0.3) is 46.0 Å². The Morgan fingerprint density at radius 3 is 1.66 bits per heavy atom. The number of fused-ring (bicyclic) bond motifs is 3. The number of aromatic nitrogens is 6. The van der Waals surface area contributed by atoms with Crippen LogP contribution >= 0.6 is 57.5 Å². The number of anilines is 8. The average molecular weight is 2210 g/mol. The van der Waals surface area contributed by atoms with Gasteiger partial charge < -0.3 is 63.7 Å². The molecule has 148 heavy (non-hydrogen) atoms. The number of nitrogens with two attached hydrogens (primary N) is 1. The molecule has 0 radical (unpaired) electrons. The number of carbonyl (C=O) groups excluding carboxylic acids is 7. The summed E-state index contributed by atoms with van der Waals surface area (Å²) in [6, 6.07) is 47.5. The lowest BCUT2D eigenvalue weighted by Crippen LogP contribution is -2.57. The van der Waals surface area contributed by atoms with Crippen LogP contribution < -0.4 is 49.1 Å². The van der Waals surface area contributed by atoms with Crippen LogP contribution in [-0.4, -0.2) is 239 Å². The molecule has 37 nitrogen and oxygen atoms in total. The Hall–Kier alpha value is -14.5. The number of amides is 7. The Bertz CT molecular complexity index is 7730. The smallest absolute Gasteiger partial charge is 0.416 e. The molecule has 0 bridgehead atoms. The maximum absolute atomic E-state index is 14.2. The van der Waals surface area contributed by atoms with E-state index in [4.69, 9.17) is 50.7 Å². The number of ether oxygens (including phenoxy) is 1. The molecule has 1 atom stereocenters. The predicted octanol–water partition coefficient (Wildman–Crippen LogP) is 14.8. The molecular weight excluding hydrogens is 2100 g/mol. The normalized spacial score (nSPS) is 15.3. The van der Waals surface area contributed by atoms with Gasteiger partial charge >= 0.3 is 6.18 Å². The Labute approximate surface area is 878 Å². The van der Waals surface area contributed by atoms with Crippen LogP contribution in [0.4, 0.5) is 62.1 Å². The zero-order chi connectivity index (χ0) is 106. The largest absolute Gasteiger partial charge is 0.483 e. The topological polar surface area (TPSA) is 454 Å². The van der Waals surface area contributed by atoms with Crippen molar-refractivity contribution in [2.24, 2.45) is 10.1 Å². The fourth-order valence-electron chi connectivity index (χ4n) is 16.9. The Balaban J connectivity index is 0.000000206. The summed E-state index contributed by atoms with van der Waals surface area (Å²) >= 11 is 19.8. The fraction of sp³-hybridized carbons (Fsp3) is 0.255. The molecule has 0 unspecified atom stereocenters. The first-order chi connectivity index (χ1) is 70.4. The number of benzene rings is 8. The second-order valence-electron chi connectivity index (χ2n) is 34.6. The number of carbonyl (C=O) groups is 7. The standard InChI is InChI=1S/C26H28Cl2N6O4S.C25H24FN5O4S2.C24H20F3N5O4S2.C23H24ClN5O4S.5H2/c1-17(33-12-2-3-18-15-19(27)4-9-22(18)33)26(36)32-13-14-34(25(35)16-32)20-5-7-21(8-6-20)39(37,38)31-24(30)11-10-23(28)29;1-25(2,31-12-10-19-20(26)4-3-5-21(19)31)23(33)29-13-14-30(22(32)16-29)17-6-8-18(9-7-17)37(34,35)28-24-27-11-15-36-24;25-24(26,27)17-2-1-16-7-9-30(20(16)13-17)14-21(33)31-10-11-32(22(34)15-31)18-3-5-19(6-4-18)38(35,36)29-23-28-8-12-37-23;1-17-14-18(24)2-7-21(17)33-15-23(30)29-12-10-28(11-13-29)19-3-5-20(6-4-19)34(31,32)27-22-8-9-25-16-26-22;;;;;/h4-11,15,17,29H,2-3,12-14,16H2,1H3,(H2,30,31);3-12,15H,13-14,16H2,1-2H3,(H,27,28);1-9,12-13H,10-11,14-15H2,(H,28,29);2-9,14,16H,10-13,15H2,1H3,(H,25,26,27);5*1H/b11-10-,29-23?;;;;;;;;/t17-;;;;;;;;/m1......../s1. The third kappa shape index (κ3) is 26.0. The van der Waals surface area contributed by atoms with Crippen LogP contribution in [0.2, 0.25) is 10.0 Å². The zero-order valence-corrected chi connectivity index (χ0v) is 86.5. The summed E-state index contributed by atoms with van der Waals surface area (Å²) in [4.78, 5) is 122. The van der Waals surface area contributed by atoms with Crippen molar-refractivity contribution >= 4 is 216 Å². The highest BCUT2D eigenvalue weighted by Crippen LogP contribution is 2.37. The second kappa shape index (κ2) is 45.9. The number of rotatable bonds is 26. The van der Waals surface area contributed by atoms with Gasteiger partial charge in [-0.3, -0.25) is 53.1 Å². The lowest BCUT2D eigenvalue weighted by atomic mass is 10.00. The molecule has 4 saturated heterocycles. The maximum atomic E-state index is 14.2. The van der Waals surface area contributed by atoms with Crippen molar-refractivity contribution in [3.05, 3.63) is 281 Å². The van der Waals surface area contributed by atoms with Gasteiger partial charge in [0.1, 0.15) is 72.5 Å². The number of nitrogens with one attached hydrogen (secondary N) is 4. The summed E-state index contributed by atoms with van der Waals surface area (Å²) in [5.74, 6) is -1.61. The van der Waals surface area contributed by atoms with Gasteiger partial charge in [-0.1, -0.05) is 46.9 Å². The molecule has 0 saturated carbocycles. The van der Waals surface area contributed by atoms with E-state index in [2.05, 4.69) is 48.3 Å². The summed E-state index contributed by atoms with van der Waals surface area (Å²) in [5.41, 5.74) is 10.0. The van der Waals surface area contributed by atoms with Crippen LogP contribution in [-0.2, 0) is 98.3 Å². The zero-order valence-electron chi connectivity index (χ0n) is 79.3. The molecule has 10 heterocycles. The summed E-state index contributed by atoms with van der Waals surface area (Å²) in [6.07, 6.45) is 8.48. The lowest BCUT2D eigenvalue weighted by Gasteiger charge is -2.40. The van der Waals surface area contributed by atoms with E-state index < -0.39 is 69.3 Å². The first-order valence-electron chi connectivity index (χ1n) is 45.6. The van der Waals surface area contributed by atoms with Crippen molar-refractivity contribution in [2.75, 3.05) is 137 Å². The van der Waals surface area contributed by atoms with Crippen molar-refractivity contribution in [3.63, 3.8) is 0 Å². The Morgan fingerprint density at radius 1 is 0.574 bits per heavy atom.